The molecule has 2 rings (SSSR count). The van der Waals surface area contributed by atoms with Crippen molar-refractivity contribution in [3.8, 4) is 0 Å². The van der Waals surface area contributed by atoms with E-state index in [-0.39, 0.29) is 11.4 Å². The van der Waals surface area contributed by atoms with Crippen molar-refractivity contribution in [2.24, 2.45) is 0 Å². The molecule has 1 heterocycles. The van der Waals surface area contributed by atoms with Crippen LogP contribution in [0.3, 0.4) is 0 Å². The molecule has 0 radical (unpaired) electrons. The van der Waals surface area contributed by atoms with Crippen molar-refractivity contribution in [1.82, 2.24) is 5.32 Å². The first kappa shape index (κ1) is 12.1. The zero-order valence-electron chi connectivity index (χ0n) is 10.7. The van der Waals surface area contributed by atoms with Gasteiger partial charge in [0.25, 0.3) is 0 Å². The fourth-order valence-corrected chi connectivity index (χ4v) is 1.76. The van der Waals surface area contributed by atoms with Crippen LogP contribution in [0.5, 0.6) is 0 Å². The van der Waals surface area contributed by atoms with Crippen LogP contribution in [0.25, 0.3) is 11.0 Å². The van der Waals surface area contributed by atoms with Gasteiger partial charge in [0.15, 0.2) is 0 Å². The Hall–Kier alpha value is -1.35. The number of aryl methyl sites for hydroxylation is 1. The molecule has 0 saturated heterocycles. The molecule has 0 bridgehead atoms. The summed E-state index contributed by atoms with van der Waals surface area (Å²) in [7, 11) is 0. The van der Waals surface area contributed by atoms with E-state index in [1.54, 1.807) is 6.07 Å². The Morgan fingerprint density at radius 2 is 2.00 bits per heavy atom. The third-order valence-corrected chi connectivity index (χ3v) is 2.78. The lowest BCUT2D eigenvalue weighted by molar-refractivity contribution is 0.394. The highest BCUT2D eigenvalue weighted by molar-refractivity contribution is 5.82. The molecule has 17 heavy (non-hydrogen) atoms. The van der Waals surface area contributed by atoms with Crippen LogP contribution < -0.4 is 5.32 Å². The molecule has 3 heteroatoms. The van der Waals surface area contributed by atoms with Gasteiger partial charge in [0.2, 0.25) is 0 Å². The second-order valence-electron chi connectivity index (χ2n) is 5.39. The van der Waals surface area contributed by atoms with E-state index in [9.17, 15) is 4.39 Å². The van der Waals surface area contributed by atoms with Gasteiger partial charge >= 0.3 is 0 Å². The molecule has 0 spiro atoms. The molecule has 0 aliphatic heterocycles. The molecular formula is C14H18FNO. The smallest absolute Gasteiger partial charge is 0.134 e. The number of halogens is 1. The largest absolute Gasteiger partial charge is 0.459 e. The Morgan fingerprint density at radius 1 is 1.29 bits per heavy atom. The van der Waals surface area contributed by atoms with Crippen molar-refractivity contribution < 1.29 is 8.81 Å². The summed E-state index contributed by atoms with van der Waals surface area (Å²) in [5.74, 6) is 0.650. The Labute approximate surface area is 101 Å². The van der Waals surface area contributed by atoms with E-state index in [2.05, 4.69) is 26.1 Å². The zero-order valence-corrected chi connectivity index (χ0v) is 10.7. The van der Waals surface area contributed by atoms with Crippen LogP contribution in [0.4, 0.5) is 4.39 Å². The second-order valence-corrected chi connectivity index (χ2v) is 5.39. The number of benzene rings is 1. The molecule has 0 saturated carbocycles. The fourth-order valence-electron chi connectivity index (χ4n) is 1.76. The minimum absolute atomic E-state index is 0.0384. The number of hydrogen-bond acceptors (Lipinski definition) is 2. The summed E-state index contributed by atoms with van der Waals surface area (Å²) in [6.07, 6.45) is 0. The van der Waals surface area contributed by atoms with Gasteiger partial charge in [-0.2, -0.15) is 0 Å². The maximum Gasteiger partial charge on any atom is 0.134 e. The van der Waals surface area contributed by atoms with Crippen LogP contribution >= 0.6 is 0 Å². The molecule has 0 aliphatic rings. The van der Waals surface area contributed by atoms with Crippen molar-refractivity contribution >= 4 is 11.0 Å². The third-order valence-electron chi connectivity index (χ3n) is 2.78. The normalized spacial score (nSPS) is 12.3. The van der Waals surface area contributed by atoms with Crippen LogP contribution in [-0.2, 0) is 6.54 Å². The Balaban J connectivity index is 2.33. The second kappa shape index (κ2) is 4.15. The topological polar surface area (TPSA) is 25.2 Å². The first-order valence-corrected chi connectivity index (χ1v) is 5.79. The minimum atomic E-state index is -0.225. The van der Waals surface area contributed by atoms with Gasteiger partial charge in [-0.15, -0.1) is 0 Å². The summed E-state index contributed by atoms with van der Waals surface area (Å²) in [5.41, 5.74) is 1.79. The van der Waals surface area contributed by atoms with Gasteiger partial charge in [-0.05, 0) is 51.5 Å². The summed E-state index contributed by atoms with van der Waals surface area (Å²) < 4.78 is 18.9. The summed E-state index contributed by atoms with van der Waals surface area (Å²) in [4.78, 5) is 0. The van der Waals surface area contributed by atoms with E-state index in [1.165, 1.54) is 12.1 Å². The van der Waals surface area contributed by atoms with Gasteiger partial charge in [-0.3, -0.25) is 0 Å². The number of hydrogen-bond donors (Lipinski definition) is 1. The number of furan rings is 1. The lowest BCUT2D eigenvalue weighted by Crippen LogP contribution is -2.35. The van der Waals surface area contributed by atoms with Gasteiger partial charge in [0, 0.05) is 10.9 Å². The van der Waals surface area contributed by atoms with Gasteiger partial charge in [0.1, 0.15) is 17.2 Å². The molecule has 1 aromatic heterocycles. The molecule has 1 aromatic carbocycles. The van der Waals surface area contributed by atoms with Gasteiger partial charge in [-0.1, -0.05) is 0 Å². The van der Waals surface area contributed by atoms with Crippen LogP contribution in [0, 0.1) is 12.7 Å². The summed E-state index contributed by atoms with van der Waals surface area (Å²) in [6.45, 7) is 8.93. The molecule has 0 aliphatic carbocycles. The summed E-state index contributed by atoms with van der Waals surface area (Å²) >= 11 is 0. The van der Waals surface area contributed by atoms with E-state index < -0.39 is 0 Å². The average Bonchev–Trinajstić information content (AvgIpc) is 2.52. The molecule has 0 unspecified atom stereocenters. The molecule has 0 atom stereocenters. The van der Waals surface area contributed by atoms with E-state index in [4.69, 9.17) is 4.42 Å². The molecular weight excluding hydrogens is 217 g/mol. The monoisotopic (exact) mass is 235 g/mol. The van der Waals surface area contributed by atoms with Crippen LogP contribution in [0.1, 0.15) is 32.1 Å². The summed E-state index contributed by atoms with van der Waals surface area (Å²) in [5, 5.41) is 4.22. The molecule has 92 valence electrons. The highest BCUT2D eigenvalue weighted by Crippen LogP contribution is 2.26. The number of nitrogens with one attached hydrogen (secondary N) is 1. The SMILES string of the molecule is Cc1c(CNC(C)(C)C)oc2ccc(F)cc12. The molecule has 0 fully saturated rings. The van der Waals surface area contributed by atoms with E-state index >= 15 is 0 Å². The van der Waals surface area contributed by atoms with E-state index in [1.807, 2.05) is 6.92 Å². The molecule has 2 nitrogen and oxygen atoms in total. The summed E-state index contributed by atoms with van der Waals surface area (Å²) in [6, 6.07) is 4.62. The third kappa shape index (κ3) is 2.67. The standard InChI is InChI=1S/C14H18FNO/c1-9-11-7-10(15)5-6-12(11)17-13(9)8-16-14(2,3)4/h5-7,16H,8H2,1-4H3. The van der Waals surface area contributed by atoms with Crippen LogP contribution in [-0.4, -0.2) is 5.54 Å². The quantitative estimate of drug-likeness (QED) is 0.857. The first-order valence-electron chi connectivity index (χ1n) is 5.79. The Kier molecular flexibility index (Phi) is 2.96. The fraction of sp³-hybridized carbons (Fsp3) is 0.429. The van der Waals surface area contributed by atoms with Gasteiger partial charge < -0.3 is 9.73 Å². The molecule has 1 N–H and O–H groups in total. The van der Waals surface area contributed by atoms with Gasteiger partial charge in [-0.25, -0.2) is 4.39 Å². The van der Waals surface area contributed by atoms with Crippen molar-refractivity contribution in [1.29, 1.82) is 0 Å². The number of fused-ring (bicyclic) bond motifs is 1. The zero-order chi connectivity index (χ0) is 12.6. The lowest BCUT2D eigenvalue weighted by Gasteiger charge is -2.19. The highest BCUT2D eigenvalue weighted by Gasteiger charge is 2.14. The minimum Gasteiger partial charge on any atom is -0.459 e. The predicted molar refractivity (Wildman–Crippen MR) is 67.5 cm³/mol. The maximum atomic E-state index is 13.1. The van der Waals surface area contributed by atoms with Crippen molar-refractivity contribution in [3.05, 3.63) is 35.3 Å². The Bertz CT molecular complexity index is 537. The van der Waals surface area contributed by atoms with Crippen molar-refractivity contribution in [2.45, 2.75) is 39.8 Å². The van der Waals surface area contributed by atoms with Crippen molar-refractivity contribution in [2.75, 3.05) is 0 Å². The first-order chi connectivity index (χ1) is 7.87. The van der Waals surface area contributed by atoms with Crippen LogP contribution in [0.2, 0.25) is 0 Å². The van der Waals surface area contributed by atoms with E-state index in [0.29, 0.717) is 6.54 Å². The molecule has 0 amide bonds. The van der Waals surface area contributed by atoms with Crippen LogP contribution in [0.15, 0.2) is 22.6 Å². The van der Waals surface area contributed by atoms with Crippen molar-refractivity contribution in [3.63, 3.8) is 0 Å². The Morgan fingerprint density at radius 3 is 2.65 bits per heavy atom. The lowest BCUT2D eigenvalue weighted by atomic mass is 10.1. The highest BCUT2D eigenvalue weighted by atomic mass is 19.1. The number of rotatable bonds is 2. The average molecular weight is 235 g/mol. The maximum absolute atomic E-state index is 13.1. The van der Waals surface area contributed by atoms with E-state index in [0.717, 1.165) is 22.3 Å². The van der Waals surface area contributed by atoms with Gasteiger partial charge in [0.05, 0.1) is 6.54 Å². The molecule has 2 aromatic rings. The predicted octanol–water partition coefficient (Wildman–Crippen LogP) is 3.77.